The lowest BCUT2D eigenvalue weighted by Gasteiger charge is -2.44. The molecule has 3 rings (SSSR count). The van der Waals surface area contributed by atoms with E-state index in [0.717, 1.165) is 6.26 Å². The highest BCUT2D eigenvalue weighted by molar-refractivity contribution is 5.76. The molecule has 0 unspecified atom stereocenters. The van der Waals surface area contributed by atoms with E-state index in [1.807, 2.05) is 0 Å². The Morgan fingerprint density at radius 2 is 1.92 bits per heavy atom. The predicted molar refractivity (Wildman–Crippen MR) is 82.1 cm³/mol. The van der Waals surface area contributed by atoms with Gasteiger partial charge in [-0.25, -0.2) is 0 Å². The van der Waals surface area contributed by atoms with E-state index in [-0.39, 0.29) is 12.0 Å². The normalized spacial score (nSPS) is 51.3. The van der Waals surface area contributed by atoms with Crippen LogP contribution in [0.3, 0.4) is 0 Å². The van der Waals surface area contributed by atoms with Crippen LogP contribution < -0.4 is 0 Å². The molecule has 2 aliphatic heterocycles. The van der Waals surface area contributed by atoms with E-state index < -0.39 is 67.1 Å². The summed E-state index contributed by atoms with van der Waals surface area (Å²) in [5.74, 6) is -1.34. The molecule has 10 nitrogen and oxygen atoms in total. The van der Waals surface area contributed by atoms with Crippen molar-refractivity contribution in [3.63, 3.8) is 0 Å². The van der Waals surface area contributed by atoms with E-state index in [1.165, 1.54) is 0 Å². The Balaban J connectivity index is 1.83. The lowest BCUT2D eigenvalue weighted by Crippen LogP contribution is -2.61. The van der Waals surface area contributed by atoms with Gasteiger partial charge in [0.15, 0.2) is 12.6 Å². The molecule has 2 heterocycles. The summed E-state index contributed by atoms with van der Waals surface area (Å²) in [6.07, 6.45) is -8.12. The lowest BCUT2D eigenvalue weighted by atomic mass is 9.79. The first-order valence-electron chi connectivity index (χ1n) is 8.42. The SMILES string of the molecule is C[C@@H]1[C@H]2[C@H](O[C@@H]3O[C@@H](CO)[C@H](O)[C@H](O)[C@@H]3O)OC=C(C=O)[C@@]2(O)C[C@@H]1O. The Kier molecular flexibility index (Phi) is 5.39. The maximum Gasteiger partial charge on any atom is 0.208 e. The molecule has 0 radical (unpaired) electrons. The molecule has 0 spiro atoms. The average molecular weight is 376 g/mol. The van der Waals surface area contributed by atoms with Crippen molar-refractivity contribution in [1.29, 1.82) is 0 Å². The maximum atomic E-state index is 11.2. The second kappa shape index (κ2) is 7.13. The third-order valence-corrected chi connectivity index (χ3v) is 5.61. The number of aliphatic hydroxyl groups excluding tert-OH is 5. The zero-order valence-electron chi connectivity index (χ0n) is 14.1. The van der Waals surface area contributed by atoms with E-state index in [2.05, 4.69) is 0 Å². The first-order chi connectivity index (χ1) is 12.2. The van der Waals surface area contributed by atoms with Crippen LogP contribution in [0.2, 0.25) is 0 Å². The topological polar surface area (TPSA) is 166 Å². The molecule has 1 saturated carbocycles. The zero-order valence-corrected chi connectivity index (χ0v) is 14.1. The van der Waals surface area contributed by atoms with Gasteiger partial charge < -0.3 is 44.8 Å². The Hall–Kier alpha value is -1.11. The van der Waals surface area contributed by atoms with E-state index >= 15 is 0 Å². The number of hydrogen-bond acceptors (Lipinski definition) is 10. The fourth-order valence-corrected chi connectivity index (χ4v) is 3.98. The van der Waals surface area contributed by atoms with Crippen LogP contribution >= 0.6 is 0 Å². The van der Waals surface area contributed by atoms with Crippen molar-refractivity contribution >= 4 is 6.29 Å². The number of aliphatic hydroxyl groups is 6. The van der Waals surface area contributed by atoms with E-state index in [0.29, 0.717) is 6.29 Å². The van der Waals surface area contributed by atoms with Crippen molar-refractivity contribution in [2.45, 2.75) is 62.0 Å². The van der Waals surface area contributed by atoms with Crippen LogP contribution in [0.4, 0.5) is 0 Å². The molecule has 0 amide bonds. The summed E-state index contributed by atoms with van der Waals surface area (Å²) in [4.78, 5) is 11.2. The van der Waals surface area contributed by atoms with Gasteiger partial charge in [0.2, 0.25) is 6.29 Å². The molecular formula is C16H24O10. The Morgan fingerprint density at radius 1 is 1.23 bits per heavy atom. The van der Waals surface area contributed by atoms with Gasteiger partial charge in [0.25, 0.3) is 0 Å². The van der Waals surface area contributed by atoms with Gasteiger partial charge in [0, 0.05) is 6.42 Å². The van der Waals surface area contributed by atoms with Crippen LogP contribution in [-0.2, 0) is 19.0 Å². The van der Waals surface area contributed by atoms with Gasteiger partial charge in [-0.15, -0.1) is 0 Å². The number of carbonyl (C=O) groups excluding carboxylic acids is 1. The predicted octanol–water partition coefficient (Wildman–Crippen LogP) is -3.01. The number of ether oxygens (including phenoxy) is 3. The van der Waals surface area contributed by atoms with Crippen molar-refractivity contribution < 1.29 is 49.6 Å². The fraction of sp³-hybridized carbons (Fsp3) is 0.812. The Bertz CT molecular complexity index is 565. The quantitative estimate of drug-likeness (QED) is 0.278. The Labute approximate surface area is 149 Å². The van der Waals surface area contributed by atoms with Gasteiger partial charge in [-0.2, -0.15) is 0 Å². The molecular weight excluding hydrogens is 352 g/mol. The van der Waals surface area contributed by atoms with Gasteiger partial charge in [0.1, 0.15) is 30.0 Å². The molecule has 0 aromatic rings. The van der Waals surface area contributed by atoms with Crippen LogP contribution in [0.25, 0.3) is 0 Å². The maximum absolute atomic E-state index is 11.2. The van der Waals surface area contributed by atoms with Gasteiger partial charge >= 0.3 is 0 Å². The molecule has 10 atom stereocenters. The van der Waals surface area contributed by atoms with Gasteiger partial charge in [-0.05, 0) is 5.92 Å². The van der Waals surface area contributed by atoms with E-state index in [9.17, 15) is 35.4 Å². The molecule has 3 aliphatic rings. The van der Waals surface area contributed by atoms with Crippen LogP contribution in [0, 0.1) is 11.8 Å². The second-order valence-corrected chi connectivity index (χ2v) is 7.11. The minimum absolute atomic E-state index is 0.0282. The summed E-state index contributed by atoms with van der Waals surface area (Å²) in [6, 6.07) is 0. The van der Waals surface area contributed by atoms with Gasteiger partial charge in [-0.3, -0.25) is 4.79 Å². The van der Waals surface area contributed by atoms with Gasteiger partial charge in [0.05, 0.1) is 30.5 Å². The highest BCUT2D eigenvalue weighted by atomic mass is 16.8. The van der Waals surface area contributed by atoms with Crippen LogP contribution in [0.15, 0.2) is 11.8 Å². The largest absolute Gasteiger partial charge is 0.471 e. The molecule has 0 bridgehead atoms. The van der Waals surface area contributed by atoms with Crippen molar-refractivity contribution in [1.82, 2.24) is 0 Å². The zero-order chi connectivity index (χ0) is 19.2. The summed E-state index contributed by atoms with van der Waals surface area (Å²) in [7, 11) is 0. The first kappa shape index (κ1) is 19.6. The van der Waals surface area contributed by atoms with Crippen LogP contribution in [0.5, 0.6) is 0 Å². The Morgan fingerprint density at radius 3 is 2.54 bits per heavy atom. The van der Waals surface area contributed by atoms with E-state index in [4.69, 9.17) is 14.2 Å². The molecule has 26 heavy (non-hydrogen) atoms. The molecule has 148 valence electrons. The van der Waals surface area contributed by atoms with Gasteiger partial charge in [-0.1, -0.05) is 6.92 Å². The summed E-state index contributed by atoms with van der Waals surface area (Å²) < 4.78 is 16.2. The number of carbonyl (C=O) groups is 1. The third-order valence-electron chi connectivity index (χ3n) is 5.61. The summed E-state index contributed by atoms with van der Waals surface area (Å²) in [5.41, 5.74) is -1.70. The standard InChI is InChI=1S/C16H24O10/c1-6-8(19)2-16(23)7(3-17)5-24-14(10(6)16)26-15-13(22)12(21)11(20)9(4-18)25-15/h3,5-6,8-15,18-23H,2,4H2,1H3/t6-,8-,9-,10-,11-,12-,13-,14-,15-,16-/m0/s1. The molecule has 0 aromatic carbocycles. The fourth-order valence-electron chi connectivity index (χ4n) is 3.98. The molecule has 6 N–H and O–H groups in total. The average Bonchev–Trinajstić information content (AvgIpc) is 2.85. The van der Waals surface area contributed by atoms with Crippen LogP contribution in [-0.4, -0.2) is 92.2 Å². The summed E-state index contributed by atoms with van der Waals surface area (Å²) in [5, 5.41) is 60.0. The monoisotopic (exact) mass is 376 g/mol. The first-order valence-corrected chi connectivity index (χ1v) is 8.42. The van der Waals surface area contributed by atoms with Crippen molar-refractivity contribution in [3.8, 4) is 0 Å². The molecule has 10 heteroatoms. The second-order valence-electron chi connectivity index (χ2n) is 7.11. The molecule has 1 aliphatic carbocycles. The number of hydrogen-bond donors (Lipinski definition) is 6. The van der Waals surface area contributed by atoms with Crippen molar-refractivity contribution in [2.75, 3.05) is 6.61 Å². The number of rotatable bonds is 4. The minimum atomic E-state index is -1.67. The molecule has 0 aromatic heterocycles. The third kappa shape index (κ3) is 2.96. The van der Waals surface area contributed by atoms with E-state index in [1.54, 1.807) is 6.92 Å². The highest BCUT2D eigenvalue weighted by Crippen LogP contribution is 2.49. The molecule has 2 fully saturated rings. The minimum Gasteiger partial charge on any atom is -0.471 e. The smallest absolute Gasteiger partial charge is 0.208 e. The number of fused-ring (bicyclic) bond motifs is 1. The summed E-state index contributed by atoms with van der Waals surface area (Å²) >= 11 is 0. The molecule has 1 saturated heterocycles. The summed E-state index contributed by atoms with van der Waals surface area (Å²) in [6.45, 7) is 1.04. The highest BCUT2D eigenvalue weighted by Gasteiger charge is 2.60. The van der Waals surface area contributed by atoms with Crippen LogP contribution in [0.1, 0.15) is 13.3 Å². The van der Waals surface area contributed by atoms with Crippen molar-refractivity contribution in [2.24, 2.45) is 11.8 Å². The number of aldehydes is 1. The lowest BCUT2D eigenvalue weighted by molar-refractivity contribution is -0.346. The van der Waals surface area contributed by atoms with Crippen molar-refractivity contribution in [3.05, 3.63) is 11.8 Å².